The summed E-state index contributed by atoms with van der Waals surface area (Å²) in [5, 5.41) is 0.0947. The quantitative estimate of drug-likeness (QED) is 0.737. The SMILES string of the molecule is COCC(Cl)CCC1Cc2ccccc2O1. The summed E-state index contributed by atoms with van der Waals surface area (Å²) in [6.45, 7) is 0.612. The van der Waals surface area contributed by atoms with Crippen LogP contribution in [0.1, 0.15) is 18.4 Å². The van der Waals surface area contributed by atoms with Gasteiger partial charge in [-0.15, -0.1) is 11.6 Å². The van der Waals surface area contributed by atoms with Crippen molar-refractivity contribution in [3.05, 3.63) is 29.8 Å². The van der Waals surface area contributed by atoms with Crippen molar-refractivity contribution in [3.63, 3.8) is 0 Å². The zero-order valence-electron chi connectivity index (χ0n) is 9.49. The molecule has 0 fully saturated rings. The van der Waals surface area contributed by atoms with Gasteiger partial charge in [0.1, 0.15) is 11.9 Å². The molecule has 0 spiro atoms. The number of methoxy groups -OCH3 is 1. The predicted octanol–water partition coefficient (Wildman–Crippen LogP) is 3.02. The second-order valence-corrected chi connectivity index (χ2v) is 4.80. The monoisotopic (exact) mass is 240 g/mol. The van der Waals surface area contributed by atoms with Crippen LogP contribution in [0.5, 0.6) is 5.75 Å². The van der Waals surface area contributed by atoms with Crippen molar-refractivity contribution in [3.8, 4) is 5.75 Å². The summed E-state index contributed by atoms with van der Waals surface area (Å²) in [4.78, 5) is 0. The second kappa shape index (κ2) is 5.55. The highest BCUT2D eigenvalue weighted by Gasteiger charge is 2.22. The predicted molar refractivity (Wildman–Crippen MR) is 65.3 cm³/mol. The number of fused-ring (bicyclic) bond motifs is 1. The van der Waals surface area contributed by atoms with E-state index >= 15 is 0 Å². The second-order valence-electron chi connectivity index (χ2n) is 4.18. The van der Waals surface area contributed by atoms with Gasteiger partial charge in [0, 0.05) is 13.5 Å². The van der Waals surface area contributed by atoms with Gasteiger partial charge in [-0.1, -0.05) is 18.2 Å². The smallest absolute Gasteiger partial charge is 0.123 e. The fraction of sp³-hybridized carbons (Fsp3) is 0.538. The molecule has 0 aliphatic carbocycles. The first kappa shape index (κ1) is 11.7. The Labute approximate surface area is 102 Å². The van der Waals surface area contributed by atoms with E-state index in [1.165, 1.54) is 5.56 Å². The van der Waals surface area contributed by atoms with Crippen molar-refractivity contribution in [2.45, 2.75) is 30.7 Å². The maximum Gasteiger partial charge on any atom is 0.123 e. The third-order valence-electron chi connectivity index (χ3n) is 2.86. The first-order chi connectivity index (χ1) is 7.79. The summed E-state index contributed by atoms with van der Waals surface area (Å²) in [6, 6.07) is 8.22. The van der Waals surface area contributed by atoms with Crippen LogP contribution in [-0.2, 0) is 11.2 Å². The van der Waals surface area contributed by atoms with Crippen LogP contribution in [0.2, 0.25) is 0 Å². The summed E-state index contributed by atoms with van der Waals surface area (Å²) in [6.07, 6.45) is 3.23. The Hall–Kier alpha value is -0.730. The van der Waals surface area contributed by atoms with Gasteiger partial charge in [-0.3, -0.25) is 0 Å². The Morgan fingerprint density at radius 1 is 1.50 bits per heavy atom. The normalized spacial score (nSPS) is 20.2. The van der Waals surface area contributed by atoms with Crippen LogP contribution in [0.4, 0.5) is 0 Å². The molecule has 2 nitrogen and oxygen atoms in total. The number of para-hydroxylation sites is 1. The average Bonchev–Trinajstić information content (AvgIpc) is 2.69. The summed E-state index contributed by atoms with van der Waals surface area (Å²) in [7, 11) is 1.68. The molecule has 0 N–H and O–H groups in total. The van der Waals surface area contributed by atoms with Gasteiger partial charge < -0.3 is 9.47 Å². The van der Waals surface area contributed by atoms with Crippen molar-refractivity contribution < 1.29 is 9.47 Å². The van der Waals surface area contributed by atoms with Crippen LogP contribution in [0.25, 0.3) is 0 Å². The zero-order chi connectivity index (χ0) is 11.4. The highest BCUT2D eigenvalue weighted by Crippen LogP contribution is 2.30. The van der Waals surface area contributed by atoms with Crippen LogP contribution in [-0.4, -0.2) is 25.2 Å². The lowest BCUT2D eigenvalue weighted by Crippen LogP contribution is -2.17. The Kier molecular flexibility index (Phi) is 4.08. The molecule has 0 radical (unpaired) electrons. The average molecular weight is 241 g/mol. The van der Waals surface area contributed by atoms with Gasteiger partial charge >= 0.3 is 0 Å². The van der Waals surface area contributed by atoms with Gasteiger partial charge in [0.25, 0.3) is 0 Å². The number of hydrogen-bond acceptors (Lipinski definition) is 2. The number of hydrogen-bond donors (Lipinski definition) is 0. The molecular weight excluding hydrogens is 224 g/mol. The fourth-order valence-electron chi connectivity index (χ4n) is 2.05. The summed E-state index contributed by atoms with van der Waals surface area (Å²) in [5.74, 6) is 1.03. The van der Waals surface area contributed by atoms with E-state index in [1.807, 2.05) is 12.1 Å². The molecule has 1 heterocycles. The molecule has 1 aromatic rings. The van der Waals surface area contributed by atoms with E-state index in [9.17, 15) is 0 Å². The molecule has 3 heteroatoms. The molecule has 16 heavy (non-hydrogen) atoms. The van der Waals surface area contributed by atoms with Crippen LogP contribution in [0, 0.1) is 0 Å². The molecule has 0 saturated heterocycles. The third kappa shape index (κ3) is 2.89. The molecule has 0 bridgehead atoms. The minimum atomic E-state index is 0.0947. The van der Waals surface area contributed by atoms with E-state index < -0.39 is 0 Å². The van der Waals surface area contributed by atoms with Crippen molar-refractivity contribution in [2.75, 3.05) is 13.7 Å². The van der Waals surface area contributed by atoms with Crippen molar-refractivity contribution in [1.29, 1.82) is 0 Å². The lowest BCUT2D eigenvalue weighted by molar-refractivity contribution is 0.180. The molecule has 88 valence electrons. The maximum atomic E-state index is 6.09. The molecule has 2 unspecified atom stereocenters. The topological polar surface area (TPSA) is 18.5 Å². The van der Waals surface area contributed by atoms with Crippen LogP contribution >= 0.6 is 11.6 Å². The summed E-state index contributed by atoms with van der Waals surface area (Å²) >= 11 is 6.09. The lowest BCUT2D eigenvalue weighted by Gasteiger charge is -2.13. The fourth-order valence-corrected chi connectivity index (χ4v) is 2.30. The molecule has 0 amide bonds. The molecule has 0 saturated carbocycles. The standard InChI is InChI=1S/C13H17ClO2/c1-15-9-11(14)6-7-12-8-10-4-2-3-5-13(10)16-12/h2-5,11-12H,6-9H2,1H3. The molecular formula is C13H17ClO2. The molecule has 2 rings (SSSR count). The van der Waals surface area contributed by atoms with Gasteiger partial charge in [-0.25, -0.2) is 0 Å². The van der Waals surface area contributed by atoms with Gasteiger partial charge in [0.15, 0.2) is 0 Å². The number of halogens is 1. The van der Waals surface area contributed by atoms with E-state index in [-0.39, 0.29) is 11.5 Å². The Morgan fingerprint density at radius 3 is 3.06 bits per heavy atom. The Morgan fingerprint density at radius 2 is 2.31 bits per heavy atom. The molecule has 1 aliphatic rings. The maximum absolute atomic E-state index is 6.09. The van der Waals surface area contributed by atoms with E-state index in [1.54, 1.807) is 7.11 Å². The van der Waals surface area contributed by atoms with Crippen molar-refractivity contribution >= 4 is 11.6 Å². The number of rotatable bonds is 5. The van der Waals surface area contributed by atoms with E-state index in [4.69, 9.17) is 21.1 Å². The largest absolute Gasteiger partial charge is 0.490 e. The van der Waals surface area contributed by atoms with Crippen LogP contribution < -0.4 is 4.74 Å². The van der Waals surface area contributed by atoms with Crippen LogP contribution in [0.15, 0.2) is 24.3 Å². The van der Waals surface area contributed by atoms with Gasteiger partial charge in [-0.05, 0) is 24.5 Å². The number of ether oxygens (including phenoxy) is 2. The lowest BCUT2D eigenvalue weighted by atomic mass is 10.1. The minimum absolute atomic E-state index is 0.0947. The van der Waals surface area contributed by atoms with Crippen molar-refractivity contribution in [1.82, 2.24) is 0 Å². The van der Waals surface area contributed by atoms with Crippen LogP contribution in [0.3, 0.4) is 0 Å². The summed E-state index contributed by atoms with van der Waals surface area (Å²) in [5.41, 5.74) is 1.31. The first-order valence-corrected chi connectivity index (χ1v) is 6.11. The number of alkyl halides is 1. The number of benzene rings is 1. The van der Waals surface area contributed by atoms with Crippen molar-refractivity contribution in [2.24, 2.45) is 0 Å². The minimum Gasteiger partial charge on any atom is -0.490 e. The highest BCUT2D eigenvalue weighted by atomic mass is 35.5. The molecule has 2 atom stereocenters. The molecule has 0 aromatic heterocycles. The Balaban J connectivity index is 1.79. The van der Waals surface area contributed by atoms with E-state index in [2.05, 4.69) is 12.1 Å². The Bertz CT molecular complexity index is 315. The van der Waals surface area contributed by atoms with Gasteiger partial charge in [0.05, 0.1) is 12.0 Å². The summed E-state index contributed by atoms with van der Waals surface area (Å²) < 4.78 is 10.8. The first-order valence-electron chi connectivity index (χ1n) is 5.67. The van der Waals surface area contributed by atoms with E-state index in [0.29, 0.717) is 6.61 Å². The molecule has 1 aromatic carbocycles. The third-order valence-corrected chi connectivity index (χ3v) is 3.21. The van der Waals surface area contributed by atoms with Gasteiger partial charge in [0.2, 0.25) is 0 Å². The highest BCUT2D eigenvalue weighted by molar-refractivity contribution is 6.20. The van der Waals surface area contributed by atoms with E-state index in [0.717, 1.165) is 25.0 Å². The zero-order valence-corrected chi connectivity index (χ0v) is 10.2. The molecule has 1 aliphatic heterocycles. The van der Waals surface area contributed by atoms with Gasteiger partial charge in [-0.2, -0.15) is 0 Å².